The molecule has 16 heteroatoms. The van der Waals surface area contributed by atoms with E-state index in [0.717, 1.165) is 0 Å². The van der Waals surface area contributed by atoms with E-state index in [1.165, 1.54) is 0 Å². The van der Waals surface area contributed by atoms with Gasteiger partial charge < -0.3 is 76.2 Å². The number of hydrogen-bond acceptors (Lipinski definition) is 16. The lowest BCUT2D eigenvalue weighted by atomic mass is 10.2. The third-order valence-electron chi connectivity index (χ3n) is 7.32. The van der Waals surface area contributed by atoms with Gasteiger partial charge in [0.25, 0.3) is 0 Å². The van der Waals surface area contributed by atoms with Crippen molar-refractivity contribution in [1.82, 2.24) is 0 Å². The molecule has 0 fully saturated rings. The molecule has 0 aliphatic heterocycles. The number of ether oxygens (including phenoxy) is 15. The first kappa shape index (κ1) is 51.4. The summed E-state index contributed by atoms with van der Waals surface area (Å²) in [5.41, 5.74) is 0. The Hall–Kier alpha value is -0.640. The molecule has 0 radical (unpaired) electrons. The smallest absolute Gasteiger partial charge is 0.104 e. The third-order valence-corrected chi connectivity index (χ3v) is 7.32. The van der Waals surface area contributed by atoms with Gasteiger partial charge in [-0.25, -0.2) is 0 Å². The maximum atomic E-state index is 9.00. The van der Waals surface area contributed by atoms with Gasteiger partial charge in [-0.3, -0.25) is 0 Å². The van der Waals surface area contributed by atoms with Gasteiger partial charge in [-0.2, -0.15) is 0 Å². The van der Waals surface area contributed by atoms with Gasteiger partial charge in [0, 0.05) is 68.6 Å². The number of hydrogen-bond donors (Lipinski definition) is 1. The van der Waals surface area contributed by atoms with Crippen LogP contribution in [0.5, 0.6) is 0 Å². The average Bonchev–Trinajstić information content (AvgIpc) is 3.14. The van der Waals surface area contributed by atoms with Gasteiger partial charge in [-0.15, -0.1) is 0 Å². The Balaban J connectivity index is 4.78. The Morgan fingerprint density at radius 2 is 0.673 bits per heavy atom. The van der Waals surface area contributed by atoms with E-state index < -0.39 is 0 Å². The molecule has 1 N–H and O–H groups in total. The molecule has 0 aliphatic carbocycles. The Morgan fingerprint density at radius 1 is 0.346 bits per heavy atom. The molecule has 52 heavy (non-hydrogen) atoms. The molecule has 0 spiro atoms. The fourth-order valence-electron chi connectivity index (χ4n) is 4.40. The van der Waals surface area contributed by atoms with E-state index in [0.29, 0.717) is 158 Å². The van der Waals surface area contributed by atoms with Crippen molar-refractivity contribution in [3.63, 3.8) is 0 Å². The number of rotatable bonds is 44. The van der Waals surface area contributed by atoms with Crippen LogP contribution >= 0.6 is 0 Å². The van der Waals surface area contributed by atoms with Gasteiger partial charge in [-0.05, 0) is 32.6 Å². The molecule has 0 heterocycles. The standard InChI is InChI=1S/C36H74O16/c1-32(48-21-16-38-2)26-44-13-8-33(49-22-17-39-3)27-45-14-9-34(50-23-18-40-4)28-46-15-10-35(51-24-19-41-5)29-47-31-36(52-25-20-42-6)30-43-12-7-11-37/h32-37H,7-31H2,1-6H3. The first-order valence-corrected chi connectivity index (χ1v) is 18.6. The monoisotopic (exact) mass is 762 g/mol. The summed E-state index contributed by atoms with van der Waals surface area (Å²) in [5, 5.41) is 9.00. The maximum absolute atomic E-state index is 9.00. The highest BCUT2D eigenvalue weighted by atomic mass is 16.6. The molecule has 5 atom stereocenters. The summed E-state index contributed by atoms with van der Waals surface area (Å²) in [6.45, 7) is 11.1. The van der Waals surface area contributed by atoms with Gasteiger partial charge in [-0.1, -0.05) is 0 Å². The van der Waals surface area contributed by atoms with Crippen LogP contribution in [-0.2, 0) is 71.1 Å². The second-order valence-electron chi connectivity index (χ2n) is 11.9. The zero-order valence-electron chi connectivity index (χ0n) is 33.1. The van der Waals surface area contributed by atoms with Crippen molar-refractivity contribution in [3.05, 3.63) is 0 Å². The van der Waals surface area contributed by atoms with Crippen molar-refractivity contribution >= 4 is 0 Å². The SMILES string of the molecule is COCCOC(C)COCCC(COCCC(COCCC(COCC(COCCCO)OCCOC)OCCOC)OCCOC)OCCOC. The molecule has 0 aromatic heterocycles. The highest BCUT2D eigenvalue weighted by Gasteiger charge is 2.17. The van der Waals surface area contributed by atoms with Crippen LogP contribution in [-0.4, -0.2) is 210 Å². The summed E-state index contributed by atoms with van der Waals surface area (Å²) in [4.78, 5) is 0. The van der Waals surface area contributed by atoms with Crippen LogP contribution < -0.4 is 0 Å². The first-order valence-electron chi connectivity index (χ1n) is 18.6. The highest BCUT2D eigenvalue weighted by Crippen LogP contribution is 2.08. The summed E-state index contributed by atoms with van der Waals surface area (Å²) < 4.78 is 84.6. The van der Waals surface area contributed by atoms with Crippen LogP contribution in [0.2, 0.25) is 0 Å². The minimum Gasteiger partial charge on any atom is -0.396 e. The lowest BCUT2D eigenvalue weighted by molar-refractivity contribution is -0.0970. The number of methoxy groups -OCH3 is 5. The lowest BCUT2D eigenvalue weighted by Gasteiger charge is -2.23. The van der Waals surface area contributed by atoms with Gasteiger partial charge in [0.1, 0.15) is 6.10 Å². The molecule has 0 aliphatic rings. The van der Waals surface area contributed by atoms with E-state index in [9.17, 15) is 0 Å². The molecular formula is C36H74O16. The minimum atomic E-state index is -0.266. The van der Waals surface area contributed by atoms with Gasteiger partial charge in [0.2, 0.25) is 0 Å². The van der Waals surface area contributed by atoms with E-state index in [2.05, 4.69) is 0 Å². The second kappa shape index (κ2) is 41.5. The van der Waals surface area contributed by atoms with E-state index in [1.54, 1.807) is 35.5 Å². The summed E-state index contributed by atoms with van der Waals surface area (Å²) in [6, 6.07) is 0. The van der Waals surface area contributed by atoms with Crippen molar-refractivity contribution in [3.8, 4) is 0 Å². The van der Waals surface area contributed by atoms with Gasteiger partial charge in [0.15, 0.2) is 0 Å². The topological polar surface area (TPSA) is 159 Å². The van der Waals surface area contributed by atoms with E-state index in [1.807, 2.05) is 6.92 Å². The molecule has 0 aromatic rings. The summed E-state index contributed by atoms with van der Waals surface area (Å²) in [6.07, 6.45) is 1.72. The van der Waals surface area contributed by atoms with Crippen molar-refractivity contribution in [1.29, 1.82) is 0 Å². The zero-order chi connectivity index (χ0) is 38.2. The van der Waals surface area contributed by atoms with E-state index in [4.69, 9.17) is 76.2 Å². The van der Waals surface area contributed by atoms with Crippen LogP contribution in [0.1, 0.15) is 32.6 Å². The predicted octanol–water partition coefficient (Wildman–Crippen LogP) is 1.80. The molecule has 16 nitrogen and oxygen atoms in total. The Kier molecular flexibility index (Phi) is 41.0. The molecule has 0 saturated heterocycles. The van der Waals surface area contributed by atoms with Crippen LogP contribution in [0.25, 0.3) is 0 Å². The Bertz CT molecular complexity index is 682. The molecule has 0 rings (SSSR count). The molecule has 5 unspecified atom stereocenters. The van der Waals surface area contributed by atoms with Crippen LogP contribution in [0.4, 0.5) is 0 Å². The normalized spacial score (nSPS) is 14.8. The van der Waals surface area contributed by atoms with E-state index >= 15 is 0 Å². The average molecular weight is 763 g/mol. The molecule has 0 aromatic carbocycles. The highest BCUT2D eigenvalue weighted by molar-refractivity contribution is 4.64. The van der Waals surface area contributed by atoms with E-state index in [-0.39, 0.29) is 37.1 Å². The van der Waals surface area contributed by atoms with Gasteiger partial charge >= 0.3 is 0 Å². The second-order valence-corrected chi connectivity index (χ2v) is 11.9. The van der Waals surface area contributed by atoms with Crippen LogP contribution in [0.3, 0.4) is 0 Å². The van der Waals surface area contributed by atoms with Crippen molar-refractivity contribution < 1.29 is 76.2 Å². The molecule has 0 amide bonds. The van der Waals surface area contributed by atoms with Crippen molar-refractivity contribution in [2.75, 3.05) is 174 Å². The fraction of sp³-hybridized carbons (Fsp3) is 1.00. The molecule has 0 saturated carbocycles. The van der Waals surface area contributed by atoms with Crippen LogP contribution in [0.15, 0.2) is 0 Å². The number of aliphatic hydroxyl groups excluding tert-OH is 1. The Morgan fingerprint density at radius 3 is 1.10 bits per heavy atom. The van der Waals surface area contributed by atoms with Crippen LogP contribution in [0, 0.1) is 0 Å². The fourth-order valence-corrected chi connectivity index (χ4v) is 4.40. The minimum absolute atomic E-state index is 0.0165. The molecular weight excluding hydrogens is 688 g/mol. The maximum Gasteiger partial charge on any atom is 0.104 e. The summed E-state index contributed by atoms with van der Waals surface area (Å²) in [5.74, 6) is 0. The predicted molar refractivity (Wildman–Crippen MR) is 193 cm³/mol. The van der Waals surface area contributed by atoms with Crippen molar-refractivity contribution in [2.45, 2.75) is 63.1 Å². The Labute approximate surface area is 313 Å². The van der Waals surface area contributed by atoms with Crippen molar-refractivity contribution in [2.24, 2.45) is 0 Å². The summed E-state index contributed by atoms with van der Waals surface area (Å²) in [7, 11) is 8.20. The molecule has 0 bridgehead atoms. The molecule has 314 valence electrons. The van der Waals surface area contributed by atoms with Gasteiger partial charge in [0.05, 0.1) is 130 Å². The largest absolute Gasteiger partial charge is 0.396 e. The quantitative estimate of drug-likeness (QED) is 0.0896. The summed E-state index contributed by atoms with van der Waals surface area (Å²) >= 11 is 0. The third kappa shape index (κ3) is 35.1. The number of aliphatic hydroxyl groups is 1. The lowest BCUT2D eigenvalue weighted by Crippen LogP contribution is -2.31. The zero-order valence-corrected chi connectivity index (χ0v) is 33.1. The first-order chi connectivity index (χ1) is 25.5.